The third kappa shape index (κ3) is 4.72. The molecule has 0 aromatic heterocycles. The number of nitrogens with zero attached hydrogens (tertiary/aromatic N) is 1. The molecule has 0 spiro atoms. The summed E-state index contributed by atoms with van der Waals surface area (Å²) >= 11 is 3.42. The number of benzene rings is 1. The highest BCUT2D eigenvalue weighted by molar-refractivity contribution is 9.10. The summed E-state index contributed by atoms with van der Waals surface area (Å²) in [7, 11) is 0. The smallest absolute Gasteiger partial charge is 0.187 e. The van der Waals surface area contributed by atoms with Crippen LogP contribution in [0.3, 0.4) is 0 Å². The van der Waals surface area contributed by atoms with Crippen LogP contribution in [-0.4, -0.2) is 22.8 Å². The standard InChI is InChI=1S/C21H28BrNO/c22-18-13-11-17(12-14-18)21(24)15-16-23(19-7-3-1-4-8-19)20-9-5-2-6-10-20/h11-16,19-20H,1-10H2/b16-15+. The Morgan fingerprint density at radius 2 is 1.38 bits per heavy atom. The average molecular weight is 390 g/mol. The molecule has 0 N–H and O–H groups in total. The van der Waals surface area contributed by atoms with Crippen molar-refractivity contribution in [3.05, 3.63) is 46.6 Å². The van der Waals surface area contributed by atoms with E-state index in [1.807, 2.05) is 24.3 Å². The van der Waals surface area contributed by atoms with Gasteiger partial charge in [-0.15, -0.1) is 0 Å². The van der Waals surface area contributed by atoms with Gasteiger partial charge in [0.15, 0.2) is 5.78 Å². The van der Waals surface area contributed by atoms with Crippen molar-refractivity contribution in [3.63, 3.8) is 0 Å². The minimum atomic E-state index is 0.110. The van der Waals surface area contributed by atoms with Crippen LogP contribution in [0.15, 0.2) is 41.0 Å². The van der Waals surface area contributed by atoms with Crippen LogP contribution < -0.4 is 0 Å². The molecule has 130 valence electrons. The Labute approximate surface area is 154 Å². The lowest BCUT2D eigenvalue weighted by Crippen LogP contribution is -2.41. The van der Waals surface area contributed by atoms with Crippen LogP contribution in [0.25, 0.3) is 0 Å². The number of hydrogen-bond acceptors (Lipinski definition) is 2. The molecule has 0 bridgehead atoms. The van der Waals surface area contributed by atoms with E-state index in [9.17, 15) is 4.79 Å². The maximum absolute atomic E-state index is 12.5. The van der Waals surface area contributed by atoms with E-state index in [-0.39, 0.29) is 5.78 Å². The fraction of sp³-hybridized carbons (Fsp3) is 0.571. The van der Waals surface area contributed by atoms with Crippen LogP contribution in [0.4, 0.5) is 0 Å². The summed E-state index contributed by atoms with van der Waals surface area (Å²) < 4.78 is 1.01. The molecule has 0 unspecified atom stereocenters. The number of halogens is 1. The van der Waals surface area contributed by atoms with Crippen LogP contribution in [0.2, 0.25) is 0 Å². The Balaban J connectivity index is 1.71. The average Bonchev–Trinajstić information content (AvgIpc) is 2.64. The molecule has 2 fully saturated rings. The van der Waals surface area contributed by atoms with Gasteiger partial charge >= 0.3 is 0 Å². The highest BCUT2D eigenvalue weighted by Crippen LogP contribution is 2.30. The molecule has 0 radical (unpaired) electrons. The molecule has 2 saturated carbocycles. The van der Waals surface area contributed by atoms with Gasteiger partial charge in [-0.05, 0) is 49.9 Å². The molecule has 0 amide bonds. The molecule has 0 atom stereocenters. The summed E-state index contributed by atoms with van der Waals surface area (Å²) in [5, 5.41) is 0. The van der Waals surface area contributed by atoms with Crippen LogP contribution in [0.5, 0.6) is 0 Å². The van der Waals surface area contributed by atoms with E-state index in [1.165, 1.54) is 64.2 Å². The van der Waals surface area contributed by atoms with Gasteiger partial charge in [0, 0.05) is 34.4 Å². The SMILES string of the molecule is O=C(/C=C/N(C1CCCCC1)C1CCCCC1)c1ccc(Br)cc1. The molecule has 24 heavy (non-hydrogen) atoms. The van der Waals surface area contributed by atoms with E-state index in [1.54, 1.807) is 6.08 Å². The highest BCUT2D eigenvalue weighted by atomic mass is 79.9. The summed E-state index contributed by atoms with van der Waals surface area (Å²) in [6, 6.07) is 8.92. The van der Waals surface area contributed by atoms with Crippen molar-refractivity contribution in [2.45, 2.75) is 76.3 Å². The Morgan fingerprint density at radius 3 is 1.88 bits per heavy atom. The molecule has 3 heteroatoms. The Hall–Kier alpha value is -1.09. The lowest BCUT2D eigenvalue weighted by molar-refractivity contribution is 0.103. The molecular formula is C21H28BrNO. The van der Waals surface area contributed by atoms with Gasteiger partial charge in [-0.25, -0.2) is 0 Å². The van der Waals surface area contributed by atoms with Gasteiger partial charge in [-0.2, -0.15) is 0 Å². The molecule has 1 aromatic rings. The van der Waals surface area contributed by atoms with Crippen LogP contribution in [0, 0.1) is 0 Å². The second-order valence-electron chi connectivity index (χ2n) is 7.22. The topological polar surface area (TPSA) is 20.3 Å². The first kappa shape index (κ1) is 17.7. The second kappa shape index (κ2) is 8.84. The minimum Gasteiger partial charge on any atom is -0.371 e. The number of allylic oxidation sites excluding steroid dienone is 1. The lowest BCUT2D eigenvalue weighted by Gasteiger charge is -2.41. The van der Waals surface area contributed by atoms with Gasteiger partial charge < -0.3 is 4.90 Å². The third-order valence-electron chi connectivity index (χ3n) is 5.52. The van der Waals surface area contributed by atoms with Crippen molar-refractivity contribution in [1.82, 2.24) is 4.90 Å². The number of hydrogen-bond donors (Lipinski definition) is 0. The molecular weight excluding hydrogens is 362 g/mol. The summed E-state index contributed by atoms with van der Waals surface area (Å²) in [5.41, 5.74) is 0.765. The molecule has 0 aliphatic heterocycles. The number of carbonyl (C=O) groups is 1. The van der Waals surface area contributed by atoms with Crippen molar-refractivity contribution in [2.75, 3.05) is 0 Å². The van der Waals surface area contributed by atoms with Gasteiger partial charge in [0.05, 0.1) is 0 Å². The molecule has 2 aliphatic carbocycles. The zero-order valence-corrected chi connectivity index (χ0v) is 16.0. The number of rotatable bonds is 5. The van der Waals surface area contributed by atoms with Crippen molar-refractivity contribution >= 4 is 21.7 Å². The fourth-order valence-electron chi connectivity index (χ4n) is 4.16. The summed E-state index contributed by atoms with van der Waals surface area (Å²) in [5.74, 6) is 0.110. The van der Waals surface area contributed by atoms with Crippen LogP contribution in [0.1, 0.15) is 74.6 Å². The van der Waals surface area contributed by atoms with E-state index < -0.39 is 0 Å². The van der Waals surface area contributed by atoms with Crippen molar-refractivity contribution in [1.29, 1.82) is 0 Å². The highest BCUT2D eigenvalue weighted by Gasteiger charge is 2.26. The minimum absolute atomic E-state index is 0.110. The van der Waals surface area contributed by atoms with Gasteiger partial charge in [0.25, 0.3) is 0 Å². The van der Waals surface area contributed by atoms with Gasteiger partial charge in [0.1, 0.15) is 0 Å². The maximum Gasteiger partial charge on any atom is 0.187 e. The number of carbonyl (C=O) groups excluding carboxylic acids is 1. The maximum atomic E-state index is 12.5. The summed E-state index contributed by atoms with van der Waals surface area (Å²) in [6.07, 6.45) is 17.1. The lowest BCUT2D eigenvalue weighted by atomic mass is 9.89. The molecule has 3 rings (SSSR count). The van der Waals surface area contributed by atoms with Crippen molar-refractivity contribution in [2.24, 2.45) is 0 Å². The zero-order chi connectivity index (χ0) is 16.8. The summed E-state index contributed by atoms with van der Waals surface area (Å²) in [4.78, 5) is 15.0. The largest absolute Gasteiger partial charge is 0.371 e. The first-order valence-corrected chi connectivity index (χ1v) is 10.3. The Morgan fingerprint density at radius 1 is 0.875 bits per heavy atom. The Kier molecular flexibility index (Phi) is 6.53. The van der Waals surface area contributed by atoms with Crippen molar-refractivity contribution < 1.29 is 4.79 Å². The first-order chi connectivity index (χ1) is 11.7. The Bertz CT molecular complexity index is 536. The summed E-state index contributed by atoms with van der Waals surface area (Å²) in [6.45, 7) is 0. The van der Waals surface area contributed by atoms with E-state index in [0.717, 1.165) is 10.0 Å². The zero-order valence-electron chi connectivity index (χ0n) is 14.4. The molecule has 2 aliphatic rings. The molecule has 2 nitrogen and oxygen atoms in total. The van der Waals surface area contributed by atoms with Gasteiger partial charge in [-0.3, -0.25) is 4.79 Å². The first-order valence-electron chi connectivity index (χ1n) is 9.49. The van der Waals surface area contributed by atoms with Gasteiger partial charge in [0.2, 0.25) is 0 Å². The van der Waals surface area contributed by atoms with Crippen molar-refractivity contribution in [3.8, 4) is 0 Å². The van der Waals surface area contributed by atoms with E-state index in [4.69, 9.17) is 0 Å². The third-order valence-corrected chi connectivity index (χ3v) is 6.05. The molecule has 0 heterocycles. The normalized spacial score (nSPS) is 20.4. The second-order valence-corrected chi connectivity index (χ2v) is 8.13. The fourth-order valence-corrected chi connectivity index (χ4v) is 4.43. The predicted molar refractivity (Wildman–Crippen MR) is 103 cm³/mol. The molecule has 0 saturated heterocycles. The quantitative estimate of drug-likeness (QED) is 0.446. The molecule has 1 aromatic carbocycles. The van der Waals surface area contributed by atoms with Crippen LogP contribution in [-0.2, 0) is 0 Å². The van der Waals surface area contributed by atoms with Crippen LogP contribution >= 0.6 is 15.9 Å². The monoisotopic (exact) mass is 389 g/mol. The van der Waals surface area contributed by atoms with Gasteiger partial charge in [-0.1, -0.05) is 54.5 Å². The predicted octanol–water partition coefficient (Wildman–Crippen LogP) is 6.11. The van der Waals surface area contributed by atoms with E-state index >= 15 is 0 Å². The van der Waals surface area contributed by atoms with E-state index in [0.29, 0.717) is 12.1 Å². The number of ketones is 1. The van der Waals surface area contributed by atoms with E-state index in [2.05, 4.69) is 27.0 Å².